The molecular weight excluding hydrogens is 182 g/mol. The third-order valence-corrected chi connectivity index (χ3v) is 2.82. The van der Waals surface area contributed by atoms with Gasteiger partial charge in [-0.2, -0.15) is 0 Å². The summed E-state index contributed by atoms with van der Waals surface area (Å²) in [5, 5.41) is 3.15. The molecule has 0 rings (SSSR count). The van der Waals surface area contributed by atoms with Crippen LogP contribution in [0.2, 0.25) is 0 Å². The van der Waals surface area contributed by atoms with Crippen molar-refractivity contribution in [3.05, 3.63) is 34.9 Å². The van der Waals surface area contributed by atoms with Crippen LogP contribution < -0.4 is 5.32 Å². The Kier molecular flexibility index (Phi) is 7.06. The van der Waals surface area contributed by atoms with Crippen molar-refractivity contribution >= 4 is 0 Å². The first-order valence-corrected chi connectivity index (χ1v) is 5.70. The molecule has 0 aliphatic heterocycles. The summed E-state index contributed by atoms with van der Waals surface area (Å²) in [6.07, 6.45) is 4.41. The van der Waals surface area contributed by atoms with E-state index in [0.29, 0.717) is 0 Å². The van der Waals surface area contributed by atoms with Crippen LogP contribution in [0.5, 0.6) is 0 Å². The van der Waals surface area contributed by atoms with Gasteiger partial charge in [-0.3, -0.25) is 0 Å². The molecule has 0 amide bonds. The van der Waals surface area contributed by atoms with E-state index in [1.54, 1.807) is 0 Å². The molecular formula is C14H25N. The Bertz CT molecular complexity index is 269. The normalized spacial score (nSPS) is 13.8. The smallest absolute Gasteiger partial charge is 0.00115 e. The second kappa shape index (κ2) is 7.47. The molecule has 0 aromatic carbocycles. The fraction of sp³-hybridized carbons (Fsp3) is 0.571. The molecule has 0 fully saturated rings. The lowest BCUT2D eigenvalue weighted by molar-refractivity contribution is 0.789. The van der Waals surface area contributed by atoms with E-state index in [9.17, 15) is 0 Å². The highest BCUT2D eigenvalue weighted by Gasteiger charge is 2.00. The minimum absolute atomic E-state index is 1.000. The molecule has 0 aliphatic carbocycles. The van der Waals surface area contributed by atoms with Gasteiger partial charge in [-0.25, -0.2) is 0 Å². The van der Waals surface area contributed by atoms with Gasteiger partial charge in [0.2, 0.25) is 0 Å². The van der Waals surface area contributed by atoms with Crippen LogP contribution in [0.25, 0.3) is 0 Å². The van der Waals surface area contributed by atoms with Gasteiger partial charge in [0.1, 0.15) is 0 Å². The zero-order chi connectivity index (χ0) is 11.8. The van der Waals surface area contributed by atoms with Crippen molar-refractivity contribution in [1.82, 2.24) is 5.32 Å². The minimum Gasteiger partial charge on any atom is -0.319 e. The quantitative estimate of drug-likeness (QED) is 0.652. The van der Waals surface area contributed by atoms with Crippen LogP contribution in [-0.2, 0) is 0 Å². The molecule has 0 saturated carbocycles. The van der Waals surface area contributed by atoms with Crippen molar-refractivity contribution in [1.29, 1.82) is 0 Å². The standard InChI is InChI=1S/C14H25N/c1-7-11(2)10-13(4)14(5)12(3)8-9-15-6/h10,15H,3,7-9H2,1-2,4-6H3/b11-10+,14-13+. The Hall–Kier alpha value is -0.820. The second-order valence-electron chi connectivity index (χ2n) is 4.11. The fourth-order valence-electron chi connectivity index (χ4n) is 1.32. The van der Waals surface area contributed by atoms with E-state index in [4.69, 9.17) is 0 Å². The van der Waals surface area contributed by atoms with Crippen molar-refractivity contribution in [3.8, 4) is 0 Å². The maximum atomic E-state index is 4.12. The van der Waals surface area contributed by atoms with Gasteiger partial charge in [-0.05, 0) is 58.4 Å². The van der Waals surface area contributed by atoms with E-state index >= 15 is 0 Å². The Morgan fingerprint density at radius 1 is 1.27 bits per heavy atom. The van der Waals surface area contributed by atoms with Crippen molar-refractivity contribution in [2.75, 3.05) is 13.6 Å². The molecule has 0 spiro atoms. The molecule has 0 unspecified atom stereocenters. The summed E-state index contributed by atoms with van der Waals surface area (Å²) in [5.41, 5.74) is 5.34. The highest BCUT2D eigenvalue weighted by Crippen LogP contribution is 2.17. The summed E-state index contributed by atoms with van der Waals surface area (Å²) in [4.78, 5) is 0. The van der Waals surface area contributed by atoms with Crippen molar-refractivity contribution in [2.24, 2.45) is 0 Å². The summed E-state index contributed by atoms with van der Waals surface area (Å²) < 4.78 is 0. The number of allylic oxidation sites excluding steroid dienone is 4. The summed E-state index contributed by atoms with van der Waals surface area (Å²) in [5.74, 6) is 0. The molecule has 0 atom stereocenters. The van der Waals surface area contributed by atoms with E-state index in [0.717, 1.165) is 19.4 Å². The number of rotatable bonds is 6. The maximum absolute atomic E-state index is 4.12. The van der Waals surface area contributed by atoms with Crippen molar-refractivity contribution in [2.45, 2.75) is 40.5 Å². The summed E-state index contributed by atoms with van der Waals surface area (Å²) in [6.45, 7) is 13.8. The zero-order valence-corrected chi connectivity index (χ0v) is 10.9. The molecule has 1 heteroatoms. The van der Waals surface area contributed by atoms with Crippen molar-refractivity contribution < 1.29 is 0 Å². The van der Waals surface area contributed by atoms with Crippen LogP contribution in [0.4, 0.5) is 0 Å². The van der Waals surface area contributed by atoms with Crippen LogP contribution in [0, 0.1) is 0 Å². The molecule has 86 valence electrons. The predicted molar refractivity (Wildman–Crippen MR) is 70.1 cm³/mol. The van der Waals surface area contributed by atoms with Crippen LogP contribution in [0.15, 0.2) is 34.9 Å². The Balaban J connectivity index is 4.56. The summed E-state index contributed by atoms with van der Waals surface area (Å²) in [6, 6.07) is 0. The molecule has 15 heavy (non-hydrogen) atoms. The SMILES string of the molecule is C=C(CCNC)/C(C)=C(C)/C=C(\C)CC. The lowest BCUT2D eigenvalue weighted by Crippen LogP contribution is -2.08. The van der Waals surface area contributed by atoms with Crippen LogP contribution >= 0.6 is 0 Å². The molecule has 0 aromatic heterocycles. The maximum Gasteiger partial charge on any atom is -0.00115 e. The first-order chi connectivity index (χ1) is 7.02. The number of nitrogens with one attached hydrogen (secondary N) is 1. The largest absolute Gasteiger partial charge is 0.319 e. The molecule has 1 N–H and O–H groups in total. The van der Waals surface area contributed by atoms with Gasteiger partial charge < -0.3 is 5.32 Å². The van der Waals surface area contributed by atoms with Gasteiger partial charge in [-0.1, -0.05) is 30.7 Å². The number of hydrogen-bond donors (Lipinski definition) is 1. The van der Waals surface area contributed by atoms with Crippen LogP contribution in [0.3, 0.4) is 0 Å². The second-order valence-corrected chi connectivity index (χ2v) is 4.11. The molecule has 1 nitrogen and oxygen atoms in total. The fourth-order valence-corrected chi connectivity index (χ4v) is 1.32. The van der Waals surface area contributed by atoms with E-state index in [1.807, 2.05) is 7.05 Å². The molecule has 0 heterocycles. The van der Waals surface area contributed by atoms with Gasteiger partial charge in [0, 0.05) is 0 Å². The lowest BCUT2D eigenvalue weighted by atomic mass is 9.99. The predicted octanol–water partition coefficient (Wildman–Crippen LogP) is 3.84. The number of hydrogen-bond acceptors (Lipinski definition) is 1. The average molecular weight is 207 g/mol. The van der Waals surface area contributed by atoms with E-state index in [-0.39, 0.29) is 0 Å². The van der Waals surface area contributed by atoms with Crippen molar-refractivity contribution in [3.63, 3.8) is 0 Å². The highest BCUT2D eigenvalue weighted by atomic mass is 14.8. The molecule has 0 aliphatic rings. The molecule has 0 bridgehead atoms. The lowest BCUT2D eigenvalue weighted by Gasteiger charge is -2.09. The van der Waals surface area contributed by atoms with Gasteiger partial charge >= 0.3 is 0 Å². The minimum atomic E-state index is 1.000. The van der Waals surface area contributed by atoms with Gasteiger partial charge in [-0.15, -0.1) is 0 Å². The first kappa shape index (κ1) is 14.2. The van der Waals surface area contributed by atoms with E-state index in [1.165, 1.54) is 22.3 Å². The van der Waals surface area contributed by atoms with E-state index < -0.39 is 0 Å². The zero-order valence-electron chi connectivity index (χ0n) is 10.9. The Morgan fingerprint density at radius 2 is 1.87 bits per heavy atom. The summed E-state index contributed by atoms with van der Waals surface area (Å²) in [7, 11) is 1.97. The molecule has 0 aromatic rings. The van der Waals surface area contributed by atoms with E-state index in [2.05, 4.69) is 45.7 Å². The molecule has 0 saturated heterocycles. The van der Waals surface area contributed by atoms with Gasteiger partial charge in [0.05, 0.1) is 0 Å². The topological polar surface area (TPSA) is 12.0 Å². The van der Waals surface area contributed by atoms with Gasteiger partial charge in [0.25, 0.3) is 0 Å². The third kappa shape index (κ3) is 5.58. The first-order valence-electron chi connectivity index (χ1n) is 5.70. The van der Waals surface area contributed by atoms with Crippen LogP contribution in [0.1, 0.15) is 40.5 Å². The average Bonchev–Trinajstić information content (AvgIpc) is 2.24. The highest BCUT2D eigenvalue weighted by molar-refractivity contribution is 5.37. The van der Waals surface area contributed by atoms with Crippen LogP contribution in [-0.4, -0.2) is 13.6 Å². The monoisotopic (exact) mass is 207 g/mol. The third-order valence-electron chi connectivity index (χ3n) is 2.82. The Labute approximate surface area is 95.0 Å². The molecule has 0 radical (unpaired) electrons. The Morgan fingerprint density at radius 3 is 2.33 bits per heavy atom. The summed E-state index contributed by atoms with van der Waals surface area (Å²) >= 11 is 0. The van der Waals surface area contributed by atoms with Gasteiger partial charge in [0.15, 0.2) is 0 Å².